The molecule has 2 N–H and O–H groups in total. The molecule has 0 aromatic carbocycles. The molecular formula is C15H14N5O2S+. The van der Waals surface area contributed by atoms with Gasteiger partial charge in [0.05, 0.1) is 23.4 Å². The van der Waals surface area contributed by atoms with Crippen LogP contribution in [0.25, 0.3) is 22.8 Å². The maximum absolute atomic E-state index is 12.5. The number of H-pyrrole nitrogens is 1. The molecule has 0 aliphatic carbocycles. The number of pyridine rings is 1. The van der Waals surface area contributed by atoms with Crippen molar-refractivity contribution in [1.29, 1.82) is 0 Å². The third kappa shape index (κ3) is 2.02. The van der Waals surface area contributed by atoms with E-state index in [0.29, 0.717) is 16.4 Å². The van der Waals surface area contributed by atoms with Crippen LogP contribution in [0.4, 0.5) is 4.79 Å². The molecular weight excluding hydrogens is 314 g/mol. The third-order valence-corrected chi connectivity index (χ3v) is 4.31. The number of rotatable bonds is 2. The lowest BCUT2D eigenvalue weighted by atomic mass is 10.2. The van der Waals surface area contributed by atoms with Crippen LogP contribution in [0.5, 0.6) is 0 Å². The first kappa shape index (κ1) is 13.9. The van der Waals surface area contributed by atoms with E-state index in [2.05, 4.69) is 15.4 Å². The normalized spacial score (nSPS) is 12.9. The molecule has 1 aliphatic rings. The highest BCUT2D eigenvalue weighted by Gasteiger charge is 2.25. The predicted octanol–water partition coefficient (Wildman–Crippen LogP) is 0.136. The Bertz CT molecular complexity index is 1110. The molecule has 2 amide bonds. The van der Waals surface area contributed by atoms with Gasteiger partial charge in [0.15, 0.2) is 0 Å². The van der Waals surface area contributed by atoms with Gasteiger partial charge in [-0.15, -0.1) is 4.98 Å². The standard InChI is InChI=1S/C15H13N5O2S/c1-8(2)17-15(22)19-6-11-12-10(5-16-13(11)19)14(21)20(18-12)9-3-4-23-7-9/h3-8H,1-2H3,(H,17,22)/p+1. The van der Waals surface area contributed by atoms with Crippen molar-refractivity contribution in [2.45, 2.75) is 19.9 Å². The molecule has 4 rings (SSSR count). The molecule has 116 valence electrons. The Morgan fingerprint density at radius 1 is 1.48 bits per heavy atom. The minimum Gasteiger partial charge on any atom is -0.289 e. The average Bonchev–Trinajstić information content (AvgIpc) is 3.07. The summed E-state index contributed by atoms with van der Waals surface area (Å²) >= 11 is 1.52. The Morgan fingerprint density at radius 3 is 3.00 bits per heavy atom. The molecule has 0 atom stereocenters. The number of hydrogen-bond donors (Lipinski definition) is 2. The van der Waals surface area contributed by atoms with Gasteiger partial charge in [-0.1, -0.05) is 0 Å². The molecule has 0 spiro atoms. The maximum Gasteiger partial charge on any atom is 0.441 e. The van der Waals surface area contributed by atoms with Gasteiger partial charge in [-0.05, 0) is 25.3 Å². The van der Waals surface area contributed by atoms with E-state index >= 15 is 0 Å². The molecule has 0 bridgehead atoms. The predicted molar refractivity (Wildman–Crippen MR) is 88.2 cm³/mol. The lowest BCUT2D eigenvalue weighted by Gasteiger charge is -2.08. The van der Waals surface area contributed by atoms with Crippen LogP contribution in [0, 0.1) is 0 Å². The molecule has 3 aromatic rings. The lowest BCUT2D eigenvalue weighted by Crippen LogP contribution is -2.55. The second-order valence-electron chi connectivity index (χ2n) is 5.62. The molecule has 0 saturated heterocycles. The fraction of sp³-hybridized carbons (Fsp3) is 0.200. The van der Waals surface area contributed by atoms with E-state index < -0.39 is 0 Å². The Kier molecular flexibility index (Phi) is 2.95. The smallest absolute Gasteiger partial charge is 0.289 e. The monoisotopic (exact) mass is 328 g/mol. The summed E-state index contributed by atoms with van der Waals surface area (Å²) in [5, 5.41) is 11.0. The molecule has 7 nitrogen and oxygen atoms in total. The van der Waals surface area contributed by atoms with Gasteiger partial charge >= 0.3 is 6.03 Å². The zero-order valence-electron chi connectivity index (χ0n) is 12.5. The van der Waals surface area contributed by atoms with Crippen LogP contribution >= 0.6 is 11.3 Å². The van der Waals surface area contributed by atoms with Crippen LogP contribution < -0.4 is 26.2 Å². The Labute approximate surface area is 134 Å². The number of nitrogens with one attached hydrogen (secondary N) is 2. The Balaban J connectivity index is 1.90. The molecule has 0 fully saturated rings. The quantitative estimate of drug-likeness (QED) is 0.656. The minimum atomic E-state index is -0.223. The molecule has 3 aromatic heterocycles. The van der Waals surface area contributed by atoms with Gasteiger partial charge < -0.3 is 0 Å². The lowest BCUT2D eigenvalue weighted by molar-refractivity contribution is 0.237. The first-order valence-corrected chi connectivity index (χ1v) is 8.11. The molecule has 23 heavy (non-hydrogen) atoms. The van der Waals surface area contributed by atoms with E-state index in [1.165, 1.54) is 26.8 Å². The van der Waals surface area contributed by atoms with E-state index in [1.807, 2.05) is 30.7 Å². The van der Waals surface area contributed by atoms with Crippen LogP contribution in [0.15, 0.2) is 27.8 Å². The van der Waals surface area contributed by atoms with Gasteiger partial charge in [-0.25, -0.2) is 9.48 Å². The number of amides is 2. The highest BCUT2D eigenvalue weighted by atomic mass is 32.1. The highest BCUT2D eigenvalue weighted by molar-refractivity contribution is 7.08. The summed E-state index contributed by atoms with van der Waals surface area (Å²) in [6.45, 7) is 3.79. The van der Waals surface area contributed by atoms with Crippen LogP contribution in [0.3, 0.4) is 0 Å². The molecule has 8 heteroatoms. The van der Waals surface area contributed by atoms with Crippen molar-refractivity contribution in [2.24, 2.45) is 0 Å². The van der Waals surface area contributed by atoms with Gasteiger partial charge in [-0.2, -0.15) is 15.9 Å². The molecule has 0 unspecified atom stereocenters. The van der Waals surface area contributed by atoms with E-state index in [9.17, 15) is 9.59 Å². The molecule has 4 heterocycles. The van der Waals surface area contributed by atoms with Gasteiger partial charge in [0, 0.05) is 5.38 Å². The van der Waals surface area contributed by atoms with Crippen molar-refractivity contribution < 1.29 is 4.79 Å². The first-order chi connectivity index (χ1) is 11.1. The summed E-state index contributed by atoms with van der Waals surface area (Å²) < 4.78 is 2.95. The van der Waals surface area contributed by atoms with Gasteiger partial charge in [0.2, 0.25) is 0 Å². The number of aromatic nitrogens is 3. The number of nitrogens with zero attached hydrogens (tertiary/aromatic N) is 3. The van der Waals surface area contributed by atoms with E-state index in [1.54, 1.807) is 6.20 Å². The minimum absolute atomic E-state index is 0.0446. The zero-order valence-corrected chi connectivity index (χ0v) is 13.3. The zero-order chi connectivity index (χ0) is 16.1. The maximum atomic E-state index is 12.5. The van der Waals surface area contributed by atoms with Gasteiger partial charge in [0.25, 0.3) is 11.0 Å². The summed E-state index contributed by atoms with van der Waals surface area (Å²) in [5.41, 5.74) is 1.89. The first-order valence-electron chi connectivity index (χ1n) is 7.17. The van der Waals surface area contributed by atoms with Crippen molar-refractivity contribution >= 4 is 34.5 Å². The van der Waals surface area contributed by atoms with Crippen LogP contribution in [-0.2, 0) is 0 Å². The number of aromatic amines is 1. The second kappa shape index (κ2) is 4.88. The summed E-state index contributed by atoms with van der Waals surface area (Å²) in [7, 11) is 0. The van der Waals surface area contributed by atoms with Crippen molar-refractivity contribution in [3.63, 3.8) is 0 Å². The number of urea groups is 1. The summed E-state index contributed by atoms with van der Waals surface area (Å²) in [5.74, 6) is 0. The van der Waals surface area contributed by atoms with E-state index in [4.69, 9.17) is 0 Å². The Morgan fingerprint density at radius 2 is 2.30 bits per heavy atom. The van der Waals surface area contributed by atoms with Gasteiger partial charge in [-0.3, -0.25) is 15.2 Å². The van der Waals surface area contributed by atoms with E-state index in [-0.39, 0.29) is 17.6 Å². The molecule has 0 radical (unpaired) electrons. The Hall–Kier alpha value is -2.74. The fourth-order valence-electron chi connectivity index (χ4n) is 2.56. The third-order valence-electron chi connectivity index (χ3n) is 3.63. The van der Waals surface area contributed by atoms with Crippen molar-refractivity contribution in [3.8, 4) is 5.69 Å². The van der Waals surface area contributed by atoms with Crippen molar-refractivity contribution in [1.82, 2.24) is 24.7 Å². The SMILES string of the molecule is CC(C)NC(=O)[N+]1=c2ncc3c(=O)n(-c4ccsc4)[nH]c3c2=C1. The summed E-state index contributed by atoms with van der Waals surface area (Å²) in [4.78, 5) is 28.8. The second-order valence-corrected chi connectivity index (χ2v) is 6.40. The largest absolute Gasteiger partial charge is 0.441 e. The molecule has 1 aliphatic heterocycles. The highest BCUT2D eigenvalue weighted by Crippen LogP contribution is 2.11. The van der Waals surface area contributed by atoms with E-state index in [0.717, 1.165) is 10.9 Å². The van der Waals surface area contributed by atoms with Gasteiger partial charge in [0.1, 0.15) is 16.8 Å². The summed E-state index contributed by atoms with van der Waals surface area (Å²) in [6, 6.07) is 1.69. The van der Waals surface area contributed by atoms with Crippen molar-refractivity contribution in [2.75, 3.05) is 0 Å². The number of hydrogen-bond acceptors (Lipinski definition) is 4. The fourth-order valence-corrected chi connectivity index (χ4v) is 3.18. The summed E-state index contributed by atoms with van der Waals surface area (Å²) in [6.07, 6.45) is 3.20. The number of thiophene rings is 1. The average molecular weight is 328 g/mol. The van der Waals surface area contributed by atoms with Crippen LogP contribution in [-0.4, -0.2) is 26.8 Å². The number of carbonyl (C=O) groups is 1. The number of fused-ring (bicyclic) bond motifs is 3. The number of carbonyl (C=O) groups excluding carboxylic acids is 1. The topological polar surface area (TPSA) is 82.8 Å². The van der Waals surface area contributed by atoms with Crippen LogP contribution in [0.2, 0.25) is 0 Å². The molecule has 0 saturated carbocycles. The van der Waals surface area contributed by atoms with Crippen LogP contribution in [0.1, 0.15) is 13.8 Å². The van der Waals surface area contributed by atoms with Crippen molar-refractivity contribution in [3.05, 3.63) is 44.1 Å².